The molecule has 0 bridgehead atoms. The van der Waals surface area contributed by atoms with Crippen LogP contribution < -0.4 is 4.31 Å². The Morgan fingerprint density at radius 3 is 2.22 bits per heavy atom. The van der Waals surface area contributed by atoms with Crippen molar-refractivity contribution in [2.45, 2.75) is 33.6 Å². The van der Waals surface area contributed by atoms with Gasteiger partial charge in [-0.25, -0.2) is 8.42 Å². The molecule has 1 fully saturated rings. The van der Waals surface area contributed by atoms with Crippen LogP contribution >= 0.6 is 0 Å². The number of carbonyl (C=O) groups excluding carboxylic acids is 2. The van der Waals surface area contributed by atoms with Crippen LogP contribution in [0.1, 0.15) is 31.4 Å². The van der Waals surface area contributed by atoms with Gasteiger partial charge in [0.1, 0.15) is 0 Å². The summed E-state index contributed by atoms with van der Waals surface area (Å²) < 4.78 is 26.2. The summed E-state index contributed by atoms with van der Waals surface area (Å²) in [6, 6.07) is 5.72. The second-order valence-electron chi connectivity index (χ2n) is 6.91. The fraction of sp³-hybridized carbons (Fsp3) is 0.579. The maximum Gasteiger partial charge on any atom is 0.232 e. The van der Waals surface area contributed by atoms with Gasteiger partial charge in [-0.05, 0) is 24.5 Å². The molecule has 0 N–H and O–H groups in total. The Bertz CT molecular complexity index is 799. The van der Waals surface area contributed by atoms with Gasteiger partial charge in [0.25, 0.3) is 0 Å². The van der Waals surface area contributed by atoms with E-state index in [9.17, 15) is 18.0 Å². The number of piperazine rings is 1. The van der Waals surface area contributed by atoms with E-state index < -0.39 is 10.0 Å². The standard InChI is InChI=1S/C19H29N3O4S/c1-5-17-8-6-7-15(2)19(17)22(27(4,25)26)10-9-18(24)21-13-11-20(12-14-21)16(3)23/h6-8H,5,9-14H2,1-4H3. The molecule has 0 spiro atoms. The zero-order valence-corrected chi connectivity index (χ0v) is 17.4. The van der Waals surface area contributed by atoms with Gasteiger partial charge in [-0.1, -0.05) is 25.1 Å². The maximum absolute atomic E-state index is 12.6. The molecule has 8 heteroatoms. The molecule has 0 radical (unpaired) electrons. The van der Waals surface area contributed by atoms with Gasteiger partial charge in [0.2, 0.25) is 21.8 Å². The van der Waals surface area contributed by atoms with Crippen LogP contribution in [0.4, 0.5) is 5.69 Å². The van der Waals surface area contributed by atoms with Gasteiger partial charge in [-0.15, -0.1) is 0 Å². The predicted molar refractivity (Wildman–Crippen MR) is 106 cm³/mol. The highest BCUT2D eigenvalue weighted by Gasteiger charge is 2.26. The Balaban J connectivity index is 2.11. The number of hydrogen-bond acceptors (Lipinski definition) is 4. The van der Waals surface area contributed by atoms with Crippen LogP contribution in [0.5, 0.6) is 0 Å². The highest BCUT2D eigenvalue weighted by molar-refractivity contribution is 7.92. The molecule has 2 rings (SSSR count). The first-order valence-electron chi connectivity index (χ1n) is 9.24. The second-order valence-corrected chi connectivity index (χ2v) is 8.81. The van der Waals surface area contributed by atoms with Crippen molar-refractivity contribution in [2.24, 2.45) is 0 Å². The number of nitrogens with zero attached hydrogens (tertiary/aromatic N) is 3. The van der Waals surface area contributed by atoms with Crippen LogP contribution in [-0.4, -0.2) is 69.0 Å². The molecule has 1 heterocycles. The lowest BCUT2D eigenvalue weighted by Gasteiger charge is -2.35. The first-order chi connectivity index (χ1) is 12.6. The van der Waals surface area contributed by atoms with Crippen molar-refractivity contribution in [3.63, 3.8) is 0 Å². The number of amides is 2. The van der Waals surface area contributed by atoms with Crippen LogP contribution in [0.3, 0.4) is 0 Å². The molecular formula is C19H29N3O4S. The number of benzene rings is 1. The molecule has 27 heavy (non-hydrogen) atoms. The second kappa shape index (κ2) is 8.73. The highest BCUT2D eigenvalue weighted by Crippen LogP contribution is 2.28. The molecule has 150 valence electrons. The molecule has 0 saturated carbocycles. The van der Waals surface area contributed by atoms with Crippen molar-refractivity contribution >= 4 is 27.5 Å². The lowest BCUT2D eigenvalue weighted by Crippen LogP contribution is -2.50. The number of anilines is 1. The van der Waals surface area contributed by atoms with E-state index in [4.69, 9.17) is 0 Å². The van der Waals surface area contributed by atoms with Gasteiger partial charge in [-0.3, -0.25) is 13.9 Å². The quantitative estimate of drug-likeness (QED) is 0.730. The molecule has 0 aromatic heterocycles. The number of rotatable bonds is 6. The summed E-state index contributed by atoms with van der Waals surface area (Å²) in [5.41, 5.74) is 2.50. The molecule has 2 amide bonds. The number of hydrogen-bond donors (Lipinski definition) is 0. The van der Waals surface area contributed by atoms with E-state index in [2.05, 4.69) is 0 Å². The summed E-state index contributed by atoms with van der Waals surface area (Å²) in [7, 11) is -3.51. The molecular weight excluding hydrogens is 366 g/mol. The van der Waals surface area contributed by atoms with Gasteiger partial charge in [0.05, 0.1) is 11.9 Å². The number of aryl methyl sites for hydroxylation is 2. The van der Waals surface area contributed by atoms with Crippen molar-refractivity contribution < 1.29 is 18.0 Å². The van der Waals surface area contributed by atoms with Crippen LogP contribution in [-0.2, 0) is 26.0 Å². The zero-order chi connectivity index (χ0) is 20.2. The van der Waals surface area contributed by atoms with E-state index in [1.54, 1.807) is 9.80 Å². The fourth-order valence-electron chi connectivity index (χ4n) is 3.43. The van der Waals surface area contributed by atoms with Gasteiger partial charge in [-0.2, -0.15) is 0 Å². The van der Waals surface area contributed by atoms with Crippen LogP contribution in [0.2, 0.25) is 0 Å². The highest BCUT2D eigenvalue weighted by atomic mass is 32.2. The average molecular weight is 396 g/mol. The van der Waals surface area contributed by atoms with E-state index in [1.165, 1.54) is 17.5 Å². The predicted octanol–water partition coefficient (Wildman–Crippen LogP) is 1.40. The van der Waals surface area contributed by atoms with E-state index in [0.29, 0.717) is 38.3 Å². The third-order valence-electron chi connectivity index (χ3n) is 4.96. The zero-order valence-electron chi connectivity index (χ0n) is 16.6. The minimum absolute atomic E-state index is 0.0111. The van der Waals surface area contributed by atoms with Crippen LogP contribution in [0.25, 0.3) is 0 Å². The van der Waals surface area contributed by atoms with Crippen molar-refractivity contribution in [3.05, 3.63) is 29.3 Å². The monoisotopic (exact) mass is 395 g/mol. The van der Waals surface area contributed by atoms with Crippen LogP contribution in [0, 0.1) is 6.92 Å². The van der Waals surface area contributed by atoms with Gasteiger partial charge in [0, 0.05) is 46.1 Å². The Kier molecular flexibility index (Phi) is 6.86. The van der Waals surface area contributed by atoms with Gasteiger partial charge in [0.15, 0.2) is 0 Å². The van der Waals surface area contributed by atoms with Gasteiger partial charge < -0.3 is 9.80 Å². The normalized spacial score (nSPS) is 15.0. The lowest BCUT2D eigenvalue weighted by molar-refractivity contribution is -0.138. The number of carbonyl (C=O) groups is 2. The van der Waals surface area contributed by atoms with E-state index in [0.717, 1.165) is 11.1 Å². The van der Waals surface area contributed by atoms with Crippen molar-refractivity contribution in [1.82, 2.24) is 9.80 Å². The maximum atomic E-state index is 12.6. The average Bonchev–Trinajstić information content (AvgIpc) is 2.61. The summed E-state index contributed by atoms with van der Waals surface area (Å²) in [5.74, 6) is -0.0736. The molecule has 1 aliphatic rings. The minimum Gasteiger partial charge on any atom is -0.339 e. The van der Waals surface area contributed by atoms with Gasteiger partial charge >= 0.3 is 0 Å². The first kappa shape index (κ1) is 21.2. The third-order valence-corrected chi connectivity index (χ3v) is 6.12. The van der Waals surface area contributed by atoms with Crippen molar-refractivity contribution in [3.8, 4) is 0 Å². The molecule has 0 aliphatic carbocycles. The molecule has 1 aliphatic heterocycles. The number of sulfonamides is 1. The molecule has 7 nitrogen and oxygen atoms in total. The fourth-order valence-corrected chi connectivity index (χ4v) is 4.45. The summed E-state index contributed by atoms with van der Waals surface area (Å²) in [6.07, 6.45) is 2.00. The smallest absolute Gasteiger partial charge is 0.232 e. The molecule has 0 unspecified atom stereocenters. The summed E-state index contributed by atoms with van der Waals surface area (Å²) >= 11 is 0. The third kappa shape index (κ3) is 5.22. The largest absolute Gasteiger partial charge is 0.339 e. The van der Waals surface area contributed by atoms with Crippen molar-refractivity contribution in [1.29, 1.82) is 0 Å². The first-order valence-corrected chi connectivity index (χ1v) is 11.1. The Morgan fingerprint density at radius 1 is 1.11 bits per heavy atom. The minimum atomic E-state index is -3.51. The van der Waals surface area contributed by atoms with E-state index in [1.807, 2.05) is 32.0 Å². The lowest BCUT2D eigenvalue weighted by atomic mass is 10.1. The number of para-hydroxylation sites is 1. The molecule has 0 atom stereocenters. The topological polar surface area (TPSA) is 78.0 Å². The Morgan fingerprint density at radius 2 is 1.70 bits per heavy atom. The van der Waals surface area contributed by atoms with Crippen molar-refractivity contribution in [2.75, 3.05) is 43.3 Å². The molecule has 1 saturated heterocycles. The summed E-state index contributed by atoms with van der Waals surface area (Å²) in [4.78, 5) is 27.4. The summed E-state index contributed by atoms with van der Waals surface area (Å²) in [5, 5.41) is 0. The Labute approximate surface area is 162 Å². The molecule has 1 aromatic carbocycles. The Hall–Kier alpha value is -2.09. The summed E-state index contributed by atoms with van der Waals surface area (Å²) in [6.45, 7) is 7.53. The van der Waals surface area contributed by atoms with E-state index >= 15 is 0 Å². The molecule has 1 aromatic rings. The van der Waals surface area contributed by atoms with E-state index in [-0.39, 0.29) is 24.8 Å². The SMILES string of the molecule is CCc1cccc(C)c1N(CCC(=O)N1CCN(C(C)=O)CC1)S(C)(=O)=O. The van der Waals surface area contributed by atoms with Crippen LogP contribution in [0.15, 0.2) is 18.2 Å².